The molecule has 1 aromatic heterocycles. The molecule has 1 N–H and O–H groups in total. The number of ether oxygens (including phenoxy) is 1. The molecule has 3 aromatic carbocycles. The van der Waals surface area contributed by atoms with Crippen LogP contribution in [0.2, 0.25) is 0 Å². The summed E-state index contributed by atoms with van der Waals surface area (Å²) >= 11 is 0. The Kier molecular flexibility index (Phi) is 5.74. The Balaban J connectivity index is 1.35. The van der Waals surface area contributed by atoms with Gasteiger partial charge in [-0.25, -0.2) is 0 Å². The lowest BCUT2D eigenvalue weighted by Gasteiger charge is -2.18. The van der Waals surface area contributed by atoms with Crippen molar-refractivity contribution in [2.45, 2.75) is 18.9 Å². The topological polar surface area (TPSA) is 34.4 Å². The fourth-order valence-electron chi connectivity index (χ4n) is 3.76. The second-order valence-corrected chi connectivity index (χ2v) is 6.99. The van der Waals surface area contributed by atoms with Crippen LogP contribution in [0.3, 0.4) is 0 Å². The van der Waals surface area contributed by atoms with Crippen LogP contribution in [0, 0.1) is 0 Å². The standard InChI is InChI=1S/C25H25NO2/c27-25-13-7-12-24-23(25)14-16-26(24)17-19-28-18-15-22(20-8-3-1-4-9-20)21-10-5-2-6-11-21/h1-14,16,22,27H,15,17-19H2. The second-order valence-electron chi connectivity index (χ2n) is 6.99. The zero-order valence-corrected chi connectivity index (χ0v) is 15.9. The summed E-state index contributed by atoms with van der Waals surface area (Å²) in [7, 11) is 0. The van der Waals surface area contributed by atoms with E-state index in [1.165, 1.54) is 11.1 Å². The average Bonchev–Trinajstić information content (AvgIpc) is 3.16. The number of hydrogen-bond acceptors (Lipinski definition) is 2. The number of nitrogens with zero attached hydrogens (tertiary/aromatic N) is 1. The van der Waals surface area contributed by atoms with Gasteiger partial charge in [-0.3, -0.25) is 0 Å². The molecule has 0 spiro atoms. The van der Waals surface area contributed by atoms with Crippen LogP contribution < -0.4 is 0 Å². The summed E-state index contributed by atoms with van der Waals surface area (Å²) < 4.78 is 8.10. The number of hydrogen-bond donors (Lipinski definition) is 1. The maximum absolute atomic E-state index is 9.93. The van der Waals surface area contributed by atoms with E-state index < -0.39 is 0 Å². The van der Waals surface area contributed by atoms with Gasteiger partial charge in [-0.15, -0.1) is 0 Å². The van der Waals surface area contributed by atoms with E-state index in [1.54, 1.807) is 6.07 Å². The van der Waals surface area contributed by atoms with Gasteiger partial charge >= 0.3 is 0 Å². The third-order valence-corrected chi connectivity index (χ3v) is 5.22. The van der Waals surface area contributed by atoms with E-state index in [9.17, 15) is 5.11 Å². The van der Waals surface area contributed by atoms with Crippen molar-refractivity contribution >= 4 is 10.9 Å². The van der Waals surface area contributed by atoms with Gasteiger partial charge in [-0.05, 0) is 35.7 Å². The van der Waals surface area contributed by atoms with Gasteiger partial charge in [0.1, 0.15) is 5.75 Å². The quantitative estimate of drug-likeness (QED) is 0.410. The van der Waals surface area contributed by atoms with Gasteiger partial charge in [0.15, 0.2) is 0 Å². The fourth-order valence-corrected chi connectivity index (χ4v) is 3.76. The fraction of sp³-hybridized carbons (Fsp3) is 0.200. The minimum Gasteiger partial charge on any atom is -0.507 e. The first-order valence-corrected chi connectivity index (χ1v) is 9.77. The first kappa shape index (κ1) is 18.3. The molecular formula is C25H25NO2. The molecule has 0 aliphatic rings. The van der Waals surface area contributed by atoms with Crippen LogP contribution in [-0.2, 0) is 11.3 Å². The maximum Gasteiger partial charge on any atom is 0.124 e. The maximum atomic E-state index is 9.93. The molecule has 0 fully saturated rings. The van der Waals surface area contributed by atoms with Crippen molar-refractivity contribution in [3.63, 3.8) is 0 Å². The smallest absolute Gasteiger partial charge is 0.124 e. The van der Waals surface area contributed by atoms with Gasteiger partial charge in [-0.2, -0.15) is 0 Å². The first-order valence-electron chi connectivity index (χ1n) is 9.77. The molecule has 28 heavy (non-hydrogen) atoms. The van der Waals surface area contributed by atoms with E-state index in [1.807, 2.05) is 24.4 Å². The van der Waals surface area contributed by atoms with E-state index in [0.717, 1.165) is 23.9 Å². The molecule has 0 amide bonds. The number of aromatic hydroxyl groups is 1. The van der Waals surface area contributed by atoms with Crippen molar-refractivity contribution in [3.8, 4) is 5.75 Å². The Labute approximate surface area is 165 Å². The predicted molar refractivity (Wildman–Crippen MR) is 114 cm³/mol. The number of aromatic nitrogens is 1. The molecule has 0 bridgehead atoms. The van der Waals surface area contributed by atoms with Gasteiger partial charge in [0, 0.05) is 30.7 Å². The number of rotatable bonds is 8. The molecule has 4 aromatic rings. The van der Waals surface area contributed by atoms with Crippen LogP contribution in [0.15, 0.2) is 91.1 Å². The first-order chi connectivity index (χ1) is 13.8. The molecular weight excluding hydrogens is 346 g/mol. The Morgan fingerprint density at radius 3 is 2.11 bits per heavy atom. The van der Waals surface area contributed by atoms with Crippen LogP contribution in [0.4, 0.5) is 0 Å². The minimum absolute atomic E-state index is 0.325. The summed E-state index contributed by atoms with van der Waals surface area (Å²) in [5.74, 6) is 0.664. The summed E-state index contributed by atoms with van der Waals surface area (Å²) in [4.78, 5) is 0. The van der Waals surface area contributed by atoms with Crippen molar-refractivity contribution in [3.05, 3.63) is 102 Å². The van der Waals surface area contributed by atoms with E-state index in [2.05, 4.69) is 65.2 Å². The summed E-state index contributed by atoms with van der Waals surface area (Å²) in [6.07, 6.45) is 2.95. The van der Waals surface area contributed by atoms with Crippen molar-refractivity contribution < 1.29 is 9.84 Å². The highest BCUT2D eigenvalue weighted by atomic mass is 16.5. The third-order valence-electron chi connectivity index (χ3n) is 5.22. The van der Waals surface area contributed by atoms with Crippen molar-refractivity contribution in [2.24, 2.45) is 0 Å². The van der Waals surface area contributed by atoms with E-state index in [4.69, 9.17) is 4.74 Å². The highest BCUT2D eigenvalue weighted by molar-refractivity contribution is 5.86. The highest BCUT2D eigenvalue weighted by Crippen LogP contribution is 2.28. The normalized spacial score (nSPS) is 11.3. The zero-order chi connectivity index (χ0) is 19.2. The molecule has 0 saturated carbocycles. The molecule has 3 heteroatoms. The van der Waals surface area contributed by atoms with Gasteiger partial charge in [-0.1, -0.05) is 66.7 Å². The SMILES string of the molecule is Oc1cccc2c1ccn2CCOCCC(c1ccccc1)c1ccccc1. The third kappa shape index (κ3) is 4.10. The monoisotopic (exact) mass is 371 g/mol. The van der Waals surface area contributed by atoms with Crippen LogP contribution in [-0.4, -0.2) is 22.9 Å². The lowest BCUT2D eigenvalue weighted by atomic mass is 9.89. The van der Waals surface area contributed by atoms with Crippen molar-refractivity contribution in [1.82, 2.24) is 4.57 Å². The molecule has 0 radical (unpaired) electrons. The van der Waals surface area contributed by atoms with Crippen LogP contribution in [0.25, 0.3) is 10.9 Å². The van der Waals surface area contributed by atoms with Gasteiger partial charge in [0.05, 0.1) is 12.1 Å². The molecule has 3 nitrogen and oxygen atoms in total. The molecule has 1 heterocycles. The minimum atomic E-state index is 0.325. The number of fused-ring (bicyclic) bond motifs is 1. The van der Waals surface area contributed by atoms with Crippen molar-refractivity contribution in [1.29, 1.82) is 0 Å². The largest absolute Gasteiger partial charge is 0.507 e. The average molecular weight is 371 g/mol. The Bertz CT molecular complexity index is 969. The summed E-state index contributed by atoms with van der Waals surface area (Å²) in [5.41, 5.74) is 3.68. The van der Waals surface area contributed by atoms with E-state index in [-0.39, 0.29) is 0 Å². The molecule has 0 atom stereocenters. The highest BCUT2D eigenvalue weighted by Gasteiger charge is 2.13. The molecule has 0 saturated heterocycles. The molecule has 0 aliphatic carbocycles. The molecule has 0 unspecified atom stereocenters. The Morgan fingerprint density at radius 1 is 0.750 bits per heavy atom. The second kappa shape index (κ2) is 8.77. The van der Waals surface area contributed by atoms with Crippen LogP contribution in [0.5, 0.6) is 5.75 Å². The predicted octanol–water partition coefficient (Wildman–Crippen LogP) is 5.59. The zero-order valence-electron chi connectivity index (χ0n) is 15.9. The number of benzene rings is 3. The van der Waals surface area contributed by atoms with Gasteiger partial charge in [0.2, 0.25) is 0 Å². The summed E-state index contributed by atoms with van der Waals surface area (Å²) in [5, 5.41) is 10.8. The van der Waals surface area contributed by atoms with Crippen molar-refractivity contribution in [2.75, 3.05) is 13.2 Å². The molecule has 0 aliphatic heterocycles. The lowest BCUT2D eigenvalue weighted by Crippen LogP contribution is -2.09. The van der Waals surface area contributed by atoms with E-state index in [0.29, 0.717) is 24.9 Å². The molecule has 142 valence electrons. The summed E-state index contributed by atoms with van der Waals surface area (Å²) in [6.45, 7) is 2.13. The Hall–Kier alpha value is -3.04. The molecule has 4 rings (SSSR count). The Morgan fingerprint density at radius 2 is 1.43 bits per heavy atom. The van der Waals surface area contributed by atoms with E-state index >= 15 is 0 Å². The number of phenolic OH excluding ortho intramolecular Hbond substituents is 1. The summed E-state index contributed by atoms with van der Waals surface area (Å²) in [6, 6.07) is 28.8. The number of phenols is 1. The van der Waals surface area contributed by atoms with Gasteiger partial charge in [0.25, 0.3) is 0 Å². The van der Waals surface area contributed by atoms with Gasteiger partial charge < -0.3 is 14.4 Å². The van der Waals surface area contributed by atoms with Crippen LogP contribution >= 0.6 is 0 Å². The van der Waals surface area contributed by atoms with Crippen LogP contribution in [0.1, 0.15) is 23.5 Å². The lowest BCUT2D eigenvalue weighted by molar-refractivity contribution is 0.122.